The summed E-state index contributed by atoms with van der Waals surface area (Å²) in [4.78, 5) is 37.8. The highest BCUT2D eigenvalue weighted by molar-refractivity contribution is 5.84. The molecule has 0 aliphatic carbocycles. The second-order valence-electron chi connectivity index (χ2n) is 5.64. The summed E-state index contributed by atoms with van der Waals surface area (Å²) in [6, 6.07) is 8.98. The van der Waals surface area contributed by atoms with E-state index in [1.165, 1.54) is 4.90 Å². The van der Waals surface area contributed by atoms with Crippen molar-refractivity contribution in [3.05, 3.63) is 30.3 Å². The number of anilines is 1. The van der Waals surface area contributed by atoms with Crippen molar-refractivity contribution in [2.75, 3.05) is 31.1 Å². The van der Waals surface area contributed by atoms with E-state index in [-0.39, 0.29) is 30.8 Å². The van der Waals surface area contributed by atoms with Crippen LogP contribution < -0.4 is 10.6 Å². The molecule has 124 valence electrons. The van der Waals surface area contributed by atoms with Crippen LogP contribution in [0.2, 0.25) is 0 Å². The van der Waals surface area contributed by atoms with Gasteiger partial charge in [-0.3, -0.25) is 14.4 Å². The maximum Gasteiger partial charge on any atom is 0.323 e. The summed E-state index contributed by atoms with van der Waals surface area (Å²) in [5.41, 5.74) is 5.97. The van der Waals surface area contributed by atoms with Crippen molar-refractivity contribution >= 4 is 23.5 Å². The molecule has 0 unspecified atom stereocenters. The lowest BCUT2D eigenvalue weighted by atomic mass is 9.96. The fourth-order valence-electron chi connectivity index (χ4n) is 2.72. The minimum absolute atomic E-state index is 0.00243. The summed E-state index contributed by atoms with van der Waals surface area (Å²) in [6.07, 6.45) is 1.12. The molecule has 1 heterocycles. The zero-order valence-corrected chi connectivity index (χ0v) is 12.9. The quantitative estimate of drug-likeness (QED) is 0.785. The molecule has 1 aliphatic heterocycles. The van der Waals surface area contributed by atoms with Gasteiger partial charge in [-0.1, -0.05) is 18.2 Å². The van der Waals surface area contributed by atoms with Crippen molar-refractivity contribution < 1.29 is 19.5 Å². The maximum atomic E-state index is 12.4. The number of primary amides is 1. The number of likely N-dealkylation sites (tertiary alicyclic amines) is 1. The van der Waals surface area contributed by atoms with Crippen LogP contribution in [0.1, 0.15) is 12.8 Å². The molecule has 0 aromatic heterocycles. The normalized spacial score (nSPS) is 15.2. The van der Waals surface area contributed by atoms with Gasteiger partial charge < -0.3 is 20.6 Å². The minimum Gasteiger partial charge on any atom is -0.480 e. The Morgan fingerprint density at radius 3 is 2.26 bits per heavy atom. The number of carbonyl (C=O) groups is 3. The van der Waals surface area contributed by atoms with Crippen molar-refractivity contribution in [1.29, 1.82) is 0 Å². The Bertz CT molecular complexity index is 568. The third-order valence-corrected chi connectivity index (χ3v) is 4.02. The van der Waals surface area contributed by atoms with E-state index in [9.17, 15) is 14.4 Å². The van der Waals surface area contributed by atoms with Crippen LogP contribution in [0.4, 0.5) is 5.69 Å². The zero-order valence-electron chi connectivity index (χ0n) is 12.9. The SMILES string of the molecule is NC(=O)C1CCN(C(=O)CN(CC(=O)O)c2ccccc2)CC1. The predicted molar refractivity (Wildman–Crippen MR) is 84.8 cm³/mol. The molecule has 1 aromatic rings. The van der Waals surface area contributed by atoms with Crippen molar-refractivity contribution in [2.45, 2.75) is 12.8 Å². The standard InChI is InChI=1S/C16H21N3O4/c17-16(23)12-6-8-18(9-7-12)14(20)10-19(11-15(21)22)13-4-2-1-3-5-13/h1-5,12H,6-11H2,(H2,17,23)(H,21,22). The minimum atomic E-state index is -0.992. The van der Waals surface area contributed by atoms with Crippen LogP contribution in [0.15, 0.2) is 30.3 Å². The molecule has 2 amide bonds. The van der Waals surface area contributed by atoms with E-state index >= 15 is 0 Å². The van der Waals surface area contributed by atoms with Crippen LogP contribution in [0.25, 0.3) is 0 Å². The molecular weight excluding hydrogens is 298 g/mol. The van der Waals surface area contributed by atoms with E-state index in [4.69, 9.17) is 10.8 Å². The second kappa shape index (κ2) is 7.62. The molecular formula is C16H21N3O4. The van der Waals surface area contributed by atoms with E-state index in [0.717, 1.165) is 0 Å². The summed E-state index contributed by atoms with van der Waals surface area (Å²) in [7, 11) is 0. The van der Waals surface area contributed by atoms with Crippen molar-refractivity contribution in [3.63, 3.8) is 0 Å². The van der Waals surface area contributed by atoms with Gasteiger partial charge in [-0.25, -0.2) is 0 Å². The topological polar surface area (TPSA) is 104 Å². The molecule has 1 fully saturated rings. The van der Waals surface area contributed by atoms with Crippen LogP contribution in [-0.4, -0.2) is 54.0 Å². The van der Waals surface area contributed by atoms with Crippen LogP contribution in [0.5, 0.6) is 0 Å². The fourth-order valence-corrected chi connectivity index (χ4v) is 2.72. The van der Waals surface area contributed by atoms with E-state index in [0.29, 0.717) is 31.6 Å². The summed E-state index contributed by atoms with van der Waals surface area (Å²) in [6.45, 7) is 0.704. The van der Waals surface area contributed by atoms with E-state index in [2.05, 4.69) is 0 Å². The number of carboxylic acid groups (broad SMARTS) is 1. The Balaban J connectivity index is 1.98. The molecule has 0 bridgehead atoms. The Hall–Kier alpha value is -2.57. The molecule has 0 radical (unpaired) electrons. The van der Waals surface area contributed by atoms with Crippen molar-refractivity contribution in [3.8, 4) is 0 Å². The van der Waals surface area contributed by atoms with Gasteiger partial charge in [0.1, 0.15) is 6.54 Å². The molecule has 3 N–H and O–H groups in total. The largest absolute Gasteiger partial charge is 0.480 e. The number of amides is 2. The molecule has 23 heavy (non-hydrogen) atoms. The van der Waals surface area contributed by atoms with Gasteiger partial charge in [-0.05, 0) is 25.0 Å². The van der Waals surface area contributed by atoms with E-state index < -0.39 is 5.97 Å². The number of rotatable bonds is 6. The molecule has 0 spiro atoms. The van der Waals surface area contributed by atoms with Crippen molar-refractivity contribution in [1.82, 2.24) is 4.90 Å². The van der Waals surface area contributed by atoms with E-state index in [1.807, 2.05) is 6.07 Å². The van der Waals surface area contributed by atoms with E-state index in [1.54, 1.807) is 29.2 Å². The number of aliphatic carboxylic acids is 1. The maximum absolute atomic E-state index is 12.4. The van der Waals surface area contributed by atoms with Gasteiger partial charge in [0.2, 0.25) is 11.8 Å². The molecule has 7 nitrogen and oxygen atoms in total. The van der Waals surface area contributed by atoms with Crippen LogP contribution in [-0.2, 0) is 14.4 Å². The van der Waals surface area contributed by atoms with Crippen molar-refractivity contribution in [2.24, 2.45) is 11.7 Å². The highest BCUT2D eigenvalue weighted by Gasteiger charge is 2.27. The number of nitrogens with zero attached hydrogens (tertiary/aromatic N) is 2. The smallest absolute Gasteiger partial charge is 0.323 e. The monoisotopic (exact) mass is 319 g/mol. The predicted octanol–water partition coefficient (Wildman–Crippen LogP) is 0.302. The van der Waals surface area contributed by atoms with Gasteiger partial charge in [-0.2, -0.15) is 0 Å². The highest BCUT2D eigenvalue weighted by atomic mass is 16.4. The fraction of sp³-hybridized carbons (Fsp3) is 0.438. The Kier molecular flexibility index (Phi) is 5.56. The lowest BCUT2D eigenvalue weighted by Gasteiger charge is -2.32. The molecule has 7 heteroatoms. The number of piperidine rings is 1. The number of carbonyl (C=O) groups excluding carboxylic acids is 2. The van der Waals surface area contributed by atoms with Crippen LogP contribution in [0, 0.1) is 5.92 Å². The Labute approximate surface area is 134 Å². The lowest BCUT2D eigenvalue weighted by molar-refractivity contribution is -0.136. The number of para-hydroxylation sites is 1. The van der Waals surface area contributed by atoms with Crippen LogP contribution in [0.3, 0.4) is 0 Å². The van der Waals surface area contributed by atoms with Gasteiger partial charge in [0.25, 0.3) is 0 Å². The number of benzene rings is 1. The van der Waals surface area contributed by atoms with Gasteiger partial charge in [-0.15, -0.1) is 0 Å². The average Bonchev–Trinajstić information content (AvgIpc) is 2.54. The third kappa shape index (κ3) is 4.70. The molecule has 1 aliphatic rings. The van der Waals surface area contributed by atoms with Gasteiger partial charge in [0, 0.05) is 24.7 Å². The number of nitrogens with two attached hydrogens (primary N) is 1. The number of hydrogen-bond acceptors (Lipinski definition) is 4. The number of carboxylic acids is 1. The summed E-state index contributed by atoms with van der Waals surface area (Å²) in [5.74, 6) is -1.63. The second-order valence-corrected chi connectivity index (χ2v) is 5.64. The van der Waals surface area contributed by atoms with Gasteiger partial charge >= 0.3 is 5.97 Å². The molecule has 0 atom stereocenters. The molecule has 1 aromatic carbocycles. The number of hydrogen-bond donors (Lipinski definition) is 2. The first-order chi connectivity index (χ1) is 11.0. The first-order valence-electron chi connectivity index (χ1n) is 7.56. The Morgan fingerprint density at radius 2 is 1.74 bits per heavy atom. The third-order valence-electron chi connectivity index (χ3n) is 4.02. The first kappa shape index (κ1) is 16.8. The molecule has 0 saturated carbocycles. The Morgan fingerprint density at radius 1 is 1.13 bits per heavy atom. The summed E-state index contributed by atoms with van der Waals surface area (Å²) < 4.78 is 0. The lowest BCUT2D eigenvalue weighted by Crippen LogP contribution is -2.46. The zero-order chi connectivity index (χ0) is 16.8. The average molecular weight is 319 g/mol. The summed E-state index contributed by atoms with van der Waals surface area (Å²) >= 11 is 0. The molecule has 2 rings (SSSR count). The van der Waals surface area contributed by atoms with Gasteiger partial charge in [0.15, 0.2) is 0 Å². The first-order valence-corrected chi connectivity index (χ1v) is 7.56. The highest BCUT2D eigenvalue weighted by Crippen LogP contribution is 2.18. The summed E-state index contributed by atoms with van der Waals surface area (Å²) in [5, 5.41) is 9.05. The van der Waals surface area contributed by atoms with Crippen LogP contribution >= 0.6 is 0 Å². The molecule has 1 saturated heterocycles. The van der Waals surface area contributed by atoms with Gasteiger partial charge in [0.05, 0.1) is 6.54 Å².